The number of carbonyl (C=O) groups excluding carboxylic acids is 7. The molecule has 1 saturated carbocycles. The monoisotopic (exact) mass is 1820 g/mol. The van der Waals surface area contributed by atoms with Gasteiger partial charge in [-0.2, -0.15) is 20.4 Å². The minimum Gasteiger partial charge on any atom is -0.393 e. The highest BCUT2D eigenvalue weighted by atomic mass is 19.1. The molecule has 5 fully saturated rings. The summed E-state index contributed by atoms with van der Waals surface area (Å²) >= 11 is 0. The van der Waals surface area contributed by atoms with E-state index in [4.69, 9.17) is 4.74 Å². The molecule has 133 heavy (non-hydrogen) atoms. The van der Waals surface area contributed by atoms with Crippen molar-refractivity contribution in [1.29, 1.82) is 0 Å². The van der Waals surface area contributed by atoms with E-state index in [2.05, 4.69) is 81.9 Å². The number of ether oxygens (including phenoxy) is 1. The largest absolute Gasteiger partial charge is 0.393 e. The van der Waals surface area contributed by atoms with Crippen molar-refractivity contribution >= 4 is 63.9 Å². The molecular formula is C101H121F4N19O9. The van der Waals surface area contributed by atoms with Gasteiger partial charge in [-0.1, -0.05) is 82.1 Å². The van der Waals surface area contributed by atoms with Crippen LogP contribution in [-0.4, -0.2) is 248 Å². The molecule has 32 heteroatoms. The Morgan fingerprint density at radius 2 is 0.684 bits per heavy atom. The minimum atomic E-state index is -0.695. The summed E-state index contributed by atoms with van der Waals surface area (Å²) in [5, 5.41) is 28.1. The number of aliphatic hydroxyl groups is 1. The van der Waals surface area contributed by atoms with E-state index in [9.17, 15) is 56.2 Å². The van der Waals surface area contributed by atoms with Crippen LogP contribution < -0.4 is 0 Å². The summed E-state index contributed by atoms with van der Waals surface area (Å²) in [7, 11) is 0. The summed E-state index contributed by atoms with van der Waals surface area (Å²) < 4.78 is 65.6. The van der Waals surface area contributed by atoms with Gasteiger partial charge >= 0.3 is 0 Å². The molecule has 12 heterocycles. The lowest BCUT2D eigenvalue weighted by Gasteiger charge is -2.41. The molecule has 4 atom stereocenters. The predicted molar refractivity (Wildman–Crippen MR) is 499 cm³/mol. The maximum absolute atomic E-state index is 13.4. The first-order valence-electron chi connectivity index (χ1n) is 46.3. The average molecular weight is 1820 g/mol. The molecule has 5 aliphatic rings. The summed E-state index contributed by atoms with van der Waals surface area (Å²) in [5.74, 6) is -0.128. The molecular weight excluding hydrogens is 1700 g/mol. The van der Waals surface area contributed by atoms with Gasteiger partial charge in [0.2, 0.25) is 17.7 Å². The fraction of sp³-hybridized carbons (Fsp3) is 0.455. The number of halogens is 4. The lowest BCUT2D eigenvalue weighted by molar-refractivity contribution is -0.137. The van der Waals surface area contributed by atoms with Crippen molar-refractivity contribution in [2.45, 2.75) is 209 Å². The van der Waals surface area contributed by atoms with Gasteiger partial charge in [0.25, 0.3) is 23.6 Å². The Balaban J connectivity index is 0.000000143. The van der Waals surface area contributed by atoms with E-state index < -0.39 is 11.6 Å². The van der Waals surface area contributed by atoms with Crippen molar-refractivity contribution in [1.82, 2.24) is 92.7 Å². The van der Waals surface area contributed by atoms with Crippen LogP contribution in [0.1, 0.15) is 244 Å². The third kappa shape index (κ3) is 22.3. The predicted octanol–water partition coefficient (Wildman–Crippen LogP) is 16.3. The number of rotatable bonds is 18. The van der Waals surface area contributed by atoms with Crippen molar-refractivity contribution in [3.05, 3.63) is 214 Å². The number of nitrogens with zero attached hydrogens (tertiary/aromatic N) is 19. The van der Waals surface area contributed by atoms with E-state index in [0.717, 1.165) is 57.3 Å². The van der Waals surface area contributed by atoms with Crippen LogP contribution in [0, 0.1) is 35.1 Å². The van der Waals surface area contributed by atoms with E-state index in [0.29, 0.717) is 171 Å². The Morgan fingerprint density at radius 1 is 0.398 bits per heavy atom. The van der Waals surface area contributed by atoms with Crippen LogP contribution in [0.2, 0.25) is 0 Å². The van der Waals surface area contributed by atoms with Crippen LogP contribution >= 0.6 is 0 Å². The summed E-state index contributed by atoms with van der Waals surface area (Å²) in [6.45, 7) is 37.8. The Labute approximate surface area is 772 Å². The average Bonchev–Trinajstić information content (AvgIpc) is 1.67. The minimum absolute atomic E-state index is 0.0249. The van der Waals surface area contributed by atoms with Gasteiger partial charge in [0.05, 0.1) is 78.8 Å². The van der Waals surface area contributed by atoms with Crippen molar-refractivity contribution in [3.63, 3.8) is 0 Å². The van der Waals surface area contributed by atoms with Gasteiger partial charge in [-0.3, -0.25) is 33.6 Å². The third-order valence-electron chi connectivity index (χ3n) is 25.3. The Kier molecular flexibility index (Phi) is 29.8. The molecule has 8 aromatic heterocycles. The molecule has 28 nitrogen and oxygen atoms in total. The summed E-state index contributed by atoms with van der Waals surface area (Å²) in [6.07, 6.45) is 12.0. The summed E-state index contributed by atoms with van der Waals surface area (Å²) in [5.41, 5.74) is 13.3. The molecule has 1 aliphatic carbocycles. The van der Waals surface area contributed by atoms with Crippen LogP contribution in [0.15, 0.2) is 146 Å². The normalized spacial score (nSPS) is 17.5. The molecule has 0 radical (unpaired) electrons. The summed E-state index contributed by atoms with van der Waals surface area (Å²) in [4.78, 5) is 122. The molecule has 7 amide bonds. The van der Waals surface area contributed by atoms with Crippen LogP contribution in [0.5, 0.6) is 0 Å². The number of morpholine rings is 1. The second kappa shape index (κ2) is 41.2. The van der Waals surface area contributed by atoms with Gasteiger partial charge in [-0.25, -0.2) is 55.6 Å². The van der Waals surface area contributed by atoms with Gasteiger partial charge in [0.1, 0.15) is 46.0 Å². The van der Waals surface area contributed by atoms with Gasteiger partial charge in [-0.05, 0) is 211 Å². The quantitative estimate of drug-likeness (QED) is 0.0781. The molecule has 4 aromatic carbocycles. The highest BCUT2D eigenvalue weighted by Gasteiger charge is 2.39. The second-order valence-electron chi connectivity index (χ2n) is 38.1. The number of hydrogen-bond donors (Lipinski definition) is 1. The van der Waals surface area contributed by atoms with Gasteiger partial charge < -0.3 is 44.1 Å². The molecule has 702 valence electrons. The second-order valence-corrected chi connectivity index (χ2v) is 38.1. The number of aliphatic hydroxyl groups excluding tert-OH is 1. The number of hydrogen-bond acceptors (Lipinski definition) is 17. The molecule has 4 saturated heterocycles. The Bertz CT molecular complexity index is 6030. The highest BCUT2D eigenvalue weighted by molar-refractivity contribution is 5.96. The first kappa shape index (κ1) is 96.3. The number of benzene rings is 4. The molecule has 0 bridgehead atoms. The third-order valence-corrected chi connectivity index (χ3v) is 25.3. The molecule has 17 rings (SSSR count). The number of carbonyl (C=O) groups is 7. The lowest BCUT2D eigenvalue weighted by atomic mass is 10.0. The van der Waals surface area contributed by atoms with E-state index in [1.807, 2.05) is 101 Å². The van der Waals surface area contributed by atoms with Crippen molar-refractivity contribution in [2.24, 2.45) is 11.8 Å². The smallest absolute Gasteiger partial charge is 0.274 e. The van der Waals surface area contributed by atoms with Crippen LogP contribution in [0.3, 0.4) is 0 Å². The number of piperazine rings is 3. The maximum Gasteiger partial charge on any atom is 0.274 e. The molecule has 12 aromatic rings. The zero-order valence-corrected chi connectivity index (χ0v) is 78.8. The van der Waals surface area contributed by atoms with Gasteiger partial charge in [0.15, 0.2) is 22.6 Å². The Hall–Kier alpha value is -12.7. The first-order valence-corrected chi connectivity index (χ1v) is 46.3. The number of amides is 7. The molecule has 1 N–H and O–H groups in total. The Morgan fingerprint density at radius 3 is 0.955 bits per heavy atom. The zero-order chi connectivity index (χ0) is 95.3. The van der Waals surface area contributed by atoms with E-state index >= 15 is 0 Å². The van der Waals surface area contributed by atoms with Crippen LogP contribution in [0.25, 0.3) is 67.6 Å². The number of imidazole rings is 4. The van der Waals surface area contributed by atoms with Crippen molar-refractivity contribution in [3.8, 4) is 45.0 Å². The number of fused-ring (bicyclic) bond motifs is 4. The van der Waals surface area contributed by atoms with Gasteiger partial charge in [-0.15, -0.1) is 0 Å². The topological polar surface area (TPSA) is 292 Å². The zero-order valence-electron chi connectivity index (χ0n) is 78.8. The first-order chi connectivity index (χ1) is 63.3. The van der Waals surface area contributed by atoms with Crippen molar-refractivity contribution in [2.75, 3.05) is 78.7 Å². The molecule has 1 unspecified atom stereocenters. The number of aromatic nitrogens is 12. The summed E-state index contributed by atoms with van der Waals surface area (Å²) in [6, 6.07) is 32.4. The van der Waals surface area contributed by atoms with E-state index in [-0.39, 0.29) is 113 Å². The van der Waals surface area contributed by atoms with Crippen molar-refractivity contribution < 1.29 is 61.0 Å². The molecule has 0 spiro atoms. The standard InChI is InChI=1S/C28H34FN5O2.C26H32FN5O2.C25H30FN5O3.C22H25FN4O2/c1-18(2)23-15-24(21-8-10-22(29)11-9-21)31-34-17-25(30-27(23)34)28(36)32-12-13-33(19(3)16-32)26(35)14-20-6-4-5-7-20;1-16(2)12-24(33)31-11-10-30(14-18(31)5)26(34)23-15-32-25(28-23)21(17(3)4)13-22(29-32)19-6-8-20(27)9-7-19;1-15(2)20-12-21(18-5-7-19(26)8-6-18)28-31-14-22(27-24(20)31)25(34)29-9-10-30(16(3)13-29)23(33)11-17(4)32;1-14(2)17-11-18(15-5-7-16(23)8-6-15)25-27-12-19(24-20(17)27)21(28)26-9-10-29-13-22(26,3)4/h8-11,15,17-20H,4-7,12-14,16H2,1-3H3;6-9,13,15-18H,10-12,14H2,1-5H3;5-8,12,14-17,32H,9-11,13H2,1-4H3;5-8,11-12,14H,9-10,13H2,1-4H3/t19-;18-;16-,17?;/m000./s1. The van der Waals surface area contributed by atoms with E-state index in [1.165, 1.54) is 61.4 Å². The fourth-order valence-electron chi connectivity index (χ4n) is 18.0. The fourth-order valence-corrected chi connectivity index (χ4v) is 18.0. The van der Waals surface area contributed by atoms with Gasteiger partial charge in [0, 0.05) is 141 Å². The maximum atomic E-state index is 13.4. The van der Waals surface area contributed by atoms with E-state index in [1.54, 1.807) is 118 Å². The molecule has 4 aliphatic heterocycles. The lowest BCUT2D eigenvalue weighted by Crippen LogP contribution is -2.55. The van der Waals surface area contributed by atoms with Crippen LogP contribution in [-0.2, 0) is 19.1 Å². The van der Waals surface area contributed by atoms with Crippen LogP contribution in [0.4, 0.5) is 17.6 Å². The highest BCUT2D eigenvalue weighted by Crippen LogP contribution is 2.35. The SMILES string of the molecule is CC(C)CC(=O)N1CCN(C(=O)c2cn3nc(-c4ccc(F)cc4)cc(C(C)C)c3n2)C[C@@H]1C.CC(C)c1cc(-c2ccc(F)cc2)nn2cc(C(=O)N3CCN(C(=O)CC4CCCC4)[C@@H](C)C3)nc12.CC(C)c1cc(-c2ccc(F)cc2)nn2cc(C(=O)N3CCOCC3(C)C)nc12.CC(O)CC(=O)N1CCN(C(=O)c2cn3nc(-c4ccc(F)cc4)cc(C(C)C)c3n2)C[C@@H]1C.